The number of ether oxygens (including phenoxy) is 1. The van der Waals surface area contributed by atoms with Gasteiger partial charge in [-0.3, -0.25) is 9.69 Å². The lowest BCUT2D eigenvalue weighted by Crippen LogP contribution is -2.72. The molecule has 1 saturated carbocycles. The molecule has 1 spiro atoms. The number of rotatable bonds is 5. The van der Waals surface area contributed by atoms with Gasteiger partial charge in [-0.25, -0.2) is 4.98 Å². The van der Waals surface area contributed by atoms with Crippen LogP contribution in [0.4, 0.5) is 0 Å². The first-order valence-electron chi connectivity index (χ1n) is 9.06. The second-order valence-corrected chi connectivity index (χ2v) is 7.91. The Morgan fingerprint density at radius 3 is 2.75 bits per heavy atom. The van der Waals surface area contributed by atoms with Crippen LogP contribution in [0.2, 0.25) is 0 Å². The monoisotopic (exact) mass is 333 g/mol. The fourth-order valence-corrected chi connectivity index (χ4v) is 4.07. The van der Waals surface area contributed by atoms with Gasteiger partial charge in [0.1, 0.15) is 0 Å². The molecule has 0 aromatic carbocycles. The van der Waals surface area contributed by atoms with Crippen LogP contribution in [0.25, 0.3) is 0 Å². The third kappa shape index (κ3) is 2.97. The zero-order valence-electron chi connectivity index (χ0n) is 14.7. The zero-order valence-corrected chi connectivity index (χ0v) is 14.7. The van der Waals surface area contributed by atoms with Crippen LogP contribution in [0.5, 0.6) is 0 Å². The van der Waals surface area contributed by atoms with Crippen LogP contribution < -0.4 is 0 Å². The molecule has 24 heavy (non-hydrogen) atoms. The average Bonchev–Trinajstić information content (AvgIpc) is 3.25. The molecule has 0 unspecified atom stereocenters. The van der Waals surface area contributed by atoms with E-state index in [-0.39, 0.29) is 11.4 Å². The maximum absolute atomic E-state index is 12.5. The van der Waals surface area contributed by atoms with E-state index in [0.29, 0.717) is 17.4 Å². The molecular formula is C18H27N3O3. The fourth-order valence-electron chi connectivity index (χ4n) is 4.07. The predicted octanol–water partition coefficient (Wildman–Crippen LogP) is 1.95. The Kier molecular flexibility index (Phi) is 4.12. The van der Waals surface area contributed by atoms with E-state index in [9.17, 15) is 4.79 Å². The quantitative estimate of drug-likeness (QED) is 0.824. The molecule has 1 aromatic heterocycles. The Morgan fingerprint density at radius 2 is 2.08 bits per heavy atom. The largest absolute Gasteiger partial charge is 0.438 e. The van der Waals surface area contributed by atoms with Gasteiger partial charge in [0.2, 0.25) is 5.76 Å². The minimum absolute atomic E-state index is 0.0314. The highest BCUT2D eigenvalue weighted by molar-refractivity contribution is 5.93. The van der Waals surface area contributed by atoms with E-state index in [1.54, 1.807) is 0 Å². The maximum atomic E-state index is 12.5. The smallest absolute Gasteiger partial charge is 0.291 e. The Labute approximate surface area is 143 Å². The highest BCUT2D eigenvalue weighted by Crippen LogP contribution is 2.39. The molecule has 6 heteroatoms. The summed E-state index contributed by atoms with van der Waals surface area (Å²) in [4.78, 5) is 20.9. The summed E-state index contributed by atoms with van der Waals surface area (Å²) in [5.41, 5.74) is 0.791. The third-order valence-corrected chi connectivity index (χ3v) is 5.95. The second kappa shape index (κ2) is 6.15. The van der Waals surface area contributed by atoms with Crippen molar-refractivity contribution in [2.75, 3.05) is 39.9 Å². The van der Waals surface area contributed by atoms with Crippen molar-refractivity contribution in [1.82, 2.24) is 14.8 Å². The summed E-state index contributed by atoms with van der Waals surface area (Å²) in [7, 11) is 2.18. The first-order chi connectivity index (χ1) is 11.6. The molecule has 1 aliphatic carbocycles. The van der Waals surface area contributed by atoms with Gasteiger partial charge in [0.05, 0.1) is 11.2 Å². The third-order valence-electron chi connectivity index (χ3n) is 5.95. The number of hydrogen-bond acceptors (Lipinski definition) is 5. The van der Waals surface area contributed by atoms with Crippen molar-refractivity contribution in [2.45, 2.75) is 38.1 Å². The number of oxazole rings is 1. The SMILES string of the molecule is Cc1ncoc1C(=O)N1CC2(C[C@@H](COCC3CC3)CCN2C)C1. The van der Waals surface area contributed by atoms with Crippen molar-refractivity contribution in [3.63, 3.8) is 0 Å². The van der Waals surface area contributed by atoms with Gasteiger partial charge in [0, 0.05) is 26.3 Å². The number of aromatic nitrogens is 1. The standard InChI is InChI=1S/C18H27N3O3/c1-13-16(24-12-19-13)17(22)21-10-18(11-21)7-15(5-6-20(18)2)9-23-8-14-3-4-14/h12,14-15H,3-11H2,1-2H3/t15-/m0/s1. The van der Waals surface area contributed by atoms with E-state index in [2.05, 4.69) is 16.9 Å². The van der Waals surface area contributed by atoms with Crippen molar-refractivity contribution < 1.29 is 13.9 Å². The summed E-state index contributed by atoms with van der Waals surface area (Å²) >= 11 is 0. The average molecular weight is 333 g/mol. The van der Waals surface area contributed by atoms with Crippen molar-refractivity contribution in [3.05, 3.63) is 17.8 Å². The lowest BCUT2D eigenvalue weighted by atomic mass is 9.75. The zero-order chi connectivity index (χ0) is 16.7. The van der Waals surface area contributed by atoms with Crippen molar-refractivity contribution >= 4 is 5.91 Å². The Morgan fingerprint density at radius 1 is 1.33 bits per heavy atom. The van der Waals surface area contributed by atoms with Gasteiger partial charge in [0.15, 0.2) is 6.39 Å². The maximum Gasteiger partial charge on any atom is 0.291 e. The first-order valence-corrected chi connectivity index (χ1v) is 9.06. The highest BCUT2D eigenvalue weighted by Gasteiger charge is 2.51. The summed E-state index contributed by atoms with van der Waals surface area (Å²) in [6.45, 7) is 6.27. The minimum Gasteiger partial charge on any atom is -0.438 e. The number of hydrogen-bond donors (Lipinski definition) is 0. The van der Waals surface area contributed by atoms with Crippen LogP contribution in [-0.4, -0.2) is 66.1 Å². The summed E-state index contributed by atoms with van der Waals surface area (Å²) in [6.07, 6.45) is 6.34. The van der Waals surface area contributed by atoms with E-state index in [0.717, 1.165) is 45.2 Å². The Balaban J connectivity index is 1.33. The molecule has 2 aliphatic heterocycles. The van der Waals surface area contributed by atoms with Gasteiger partial charge in [0.25, 0.3) is 5.91 Å². The fraction of sp³-hybridized carbons (Fsp3) is 0.778. The van der Waals surface area contributed by atoms with E-state index < -0.39 is 0 Å². The van der Waals surface area contributed by atoms with E-state index in [1.807, 2.05) is 11.8 Å². The number of piperidine rings is 1. The molecule has 3 aliphatic rings. The van der Waals surface area contributed by atoms with Crippen LogP contribution in [0.3, 0.4) is 0 Å². The van der Waals surface area contributed by atoms with E-state index in [4.69, 9.17) is 9.15 Å². The number of likely N-dealkylation sites (N-methyl/N-ethyl adjacent to an activating group) is 1. The number of amides is 1. The molecule has 6 nitrogen and oxygen atoms in total. The molecule has 3 fully saturated rings. The molecule has 1 amide bonds. The normalized spacial score (nSPS) is 26.6. The minimum atomic E-state index is -0.0314. The molecule has 0 radical (unpaired) electrons. The lowest BCUT2D eigenvalue weighted by molar-refractivity contribution is -0.0768. The molecular weight excluding hydrogens is 306 g/mol. The van der Waals surface area contributed by atoms with Crippen LogP contribution in [-0.2, 0) is 4.74 Å². The number of aryl methyl sites for hydroxylation is 1. The van der Waals surface area contributed by atoms with Crippen molar-refractivity contribution in [1.29, 1.82) is 0 Å². The van der Waals surface area contributed by atoms with Crippen LogP contribution >= 0.6 is 0 Å². The Hall–Kier alpha value is -1.40. The first kappa shape index (κ1) is 16.1. The molecule has 2 saturated heterocycles. The highest BCUT2D eigenvalue weighted by atomic mass is 16.5. The number of nitrogens with zero attached hydrogens (tertiary/aromatic N) is 3. The van der Waals surface area contributed by atoms with Gasteiger partial charge < -0.3 is 14.1 Å². The van der Waals surface area contributed by atoms with Crippen LogP contribution in [0.1, 0.15) is 41.9 Å². The molecule has 1 atom stereocenters. The molecule has 132 valence electrons. The van der Waals surface area contributed by atoms with Crippen LogP contribution in [0, 0.1) is 18.8 Å². The summed E-state index contributed by atoms with van der Waals surface area (Å²) in [5.74, 6) is 1.79. The van der Waals surface area contributed by atoms with Crippen molar-refractivity contribution in [3.8, 4) is 0 Å². The molecule has 4 rings (SSSR count). The summed E-state index contributed by atoms with van der Waals surface area (Å²) in [6, 6.07) is 0. The van der Waals surface area contributed by atoms with Gasteiger partial charge in [-0.15, -0.1) is 0 Å². The van der Waals surface area contributed by atoms with E-state index >= 15 is 0 Å². The van der Waals surface area contributed by atoms with Crippen molar-refractivity contribution in [2.24, 2.45) is 11.8 Å². The van der Waals surface area contributed by atoms with Gasteiger partial charge in [-0.2, -0.15) is 0 Å². The van der Waals surface area contributed by atoms with Gasteiger partial charge >= 0.3 is 0 Å². The summed E-state index contributed by atoms with van der Waals surface area (Å²) < 4.78 is 11.2. The molecule has 3 heterocycles. The lowest BCUT2D eigenvalue weighted by Gasteiger charge is -2.58. The number of likely N-dealkylation sites (tertiary alicyclic amines) is 2. The molecule has 1 aromatic rings. The number of carbonyl (C=O) groups excluding carboxylic acids is 1. The van der Waals surface area contributed by atoms with Crippen LogP contribution in [0.15, 0.2) is 10.8 Å². The molecule has 0 bridgehead atoms. The number of carbonyl (C=O) groups is 1. The predicted molar refractivity (Wildman–Crippen MR) is 88.8 cm³/mol. The van der Waals surface area contributed by atoms with E-state index in [1.165, 1.54) is 25.7 Å². The van der Waals surface area contributed by atoms with Gasteiger partial charge in [-0.1, -0.05) is 0 Å². The summed E-state index contributed by atoms with van der Waals surface area (Å²) in [5, 5.41) is 0. The topological polar surface area (TPSA) is 58.8 Å². The molecule has 0 N–H and O–H groups in total. The second-order valence-electron chi connectivity index (χ2n) is 7.91. The Bertz CT molecular complexity index is 604. The van der Waals surface area contributed by atoms with Gasteiger partial charge in [-0.05, 0) is 58.0 Å².